The molecule has 2 aromatic rings. The second-order valence-electron chi connectivity index (χ2n) is 10.9. The predicted molar refractivity (Wildman–Crippen MR) is 147 cm³/mol. The van der Waals surface area contributed by atoms with Crippen LogP contribution in [0.1, 0.15) is 82.9 Å². The van der Waals surface area contributed by atoms with Crippen molar-refractivity contribution in [3.8, 4) is 12.3 Å². The molecule has 0 fully saturated rings. The molecule has 1 aromatic carbocycles. The van der Waals surface area contributed by atoms with E-state index in [2.05, 4.69) is 17.0 Å². The zero-order chi connectivity index (χ0) is 27.3. The maximum Gasteiger partial charge on any atom is 0.309 e. The van der Waals surface area contributed by atoms with Gasteiger partial charge in [-0.15, -0.1) is 23.7 Å². The molecule has 0 spiro atoms. The van der Waals surface area contributed by atoms with E-state index in [0.29, 0.717) is 6.42 Å². The van der Waals surface area contributed by atoms with Gasteiger partial charge < -0.3 is 14.9 Å². The van der Waals surface area contributed by atoms with Crippen LogP contribution in [-0.4, -0.2) is 39.2 Å². The number of cyclic esters (lactones) is 1. The van der Waals surface area contributed by atoms with Gasteiger partial charge in [0.25, 0.3) is 0 Å². The number of rotatable bonds is 2. The summed E-state index contributed by atoms with van der Waals surface area (Å²) in [6.07, 6.45) is 7.52. The van der Waals surface area contributed by atoms with Gasteiger partial charge in [0.1, 0.15) is 11.9 Å². The smallest absolute Gasteiger partial charge is 0.309 e. The van der Waals surface area contributed by atoms with Gasteiger partial charge in [-0.2, -0.15) is 0 Å². The molecule has 5 atom stereocenters. The molecule has 37 heavy (non-hydrogen) atoms. The molecule has 0 amide bonds. The molecule has 1 aliphatic heterocycles. The Labute approximate surface area is 224 Å². The number of nitrogens with zero attached hydrogens (tertiary/aromatic N) is 1. The molecule has 0 saturated heterocycles. The molecule has 1 aromatic heterocycles. The maximum absolute atomic E-state index is 13.5. The normalized spacial score (nSPS) is 29.8. The molecule has 0 radical (unpaired) electrons. The number of hydrogen-bond acceptors (Lipinski definition) is 7. The average molecular weight is 526 g/mol. The van der Waals surface area contributed by atoms with Crippen LogP contribution in [0.2, 0.25) is 0 Å². The van der Waals surface area contributed by atoms with E-state index in [0.717, 1.165) is 45.6 Å². The van der Waals surface area contributed by atoms with Crippen molar-refractivity contribution in [1.82, 2.24) is 4.98 Å². The number of aliphatic hydroxyl groups excluding tert-OH is 2. The Hall–Kier alpha value is -2.53. The lowest BCUT2D eigenvalue weighted by molar-refractivity contribution is -0.156. The largest absolute Gasteiger partial charge is 0.457 e. The Morgan fingerprint density at radius 3 is 2.68 bits per heavy atom. The van der Waals surface area contributed by atoms with Crippen LogP contribution in [0.5, 0.6) is 0 Å². The highest BCUT2D eigenvalue weighted by atomic mass is 32.1. The van der Waals surface area contributed by atoms with Crippen LogP contribution in [0.4, 0.5) is 0 Å². The van der Waals surface area contributed by atoms with Crippen LogP contribution >= 0.6 is 11.3 Å². The lowest BCUT2D eigenvalue weighted by Gasteiger charge is -2.35. The van der Waals surface area contributed by atoms with Crippen LogP contribution in [0.25, 0.3) is 10.2 Å². The summed E-state index contributed by atoms with van der Waals surface area (Å²) in [5.74, 6) is 0.632. The number of thiazole rings is 1. The summed E-state index contributed by atoms with van der Waals surface area (Å²) < 4.78 is 6.96. The monoisotopic (exact) mass is 525 g/mol. The van der Waals surface area contributed by atoms with Crippen molar-refractivity contribution in [1.29, 1.82) is 0 Å². The van der Waals surface area contributed by atoms with E-state index < -0.39 is 35.6 Å². The van der Waals surface area contributed by atoms with Crippen LogP contribution < -0.4 is 0 Å². The van der Waals surface area contributed by atoms with Crippen molar-refractivity contribution in [2.75, 3.05) is 0 Å². The average Bonchev–Trinajstić information content (AvgIpc) is 3.22. The van der Waals surface area contributed by atoms with Crippen LogP contribution in [0, 0.1) is 36.5 Å². The summed E-state index contributed by atoms with van der Waals surface area (Å²) in [7, 11) is 0. The van der Waals surface area contributed by atoms with Gasteiger partial charge in [0.05, 0.1) is 45.2 Å². The van der Waals surface area contributed by atoms with Crippen LogP contribution in [0.3, 0.4) is 0 Å². The van der Waals surface area contributed by atoms with Gasteiger partial charge in [0.2, 0.25) is 0 Å². The summed E-state index contributed by atoms with van der Waals surface area (Å²) in [6, 6.07) is 5.90. The van der Waals surface area contributed by atoms with Gasteiger partial charge in [-0.1, -0.05) is 38.5 Å². The van der Waals surface area contributed by atoms with Crippen LogP contribution in [0.15, 0.2) is 29.8 Å². The number of esters is 1. The highest BCUT2D eigenvalue weighted by molar-refractivity contribution is 7.18. The van der Waals surface area contributed by atoms with Crippen molar-refractivity contribution in [3.05, 3.63) is 40.4 Å². The molecule has 7 heteroatoms. The molecule has 6 nitrogen and oxygen atoms in total. The van der Waals surface area contributed by atoms with E-state index in [9.17, 15) is 19.8 Å². The molecule has 2 N–H and O–H groups in total. The summed E-state index contributed by atoms with van der Waals surface area (Å²) in [4.78, 5) is 31.1. The Bertz CT molecular complexity index is 1190. The summed E-state index contributed by atoms with van der Waals surface area (Å²) in [6.45, 7) is 9.13. The fourth-order valence-corrected chi connectivity index (χ4v) is 5.76. The summed E-state index contributed by atoms with van der Waals surface area (Å²) in [5, 5.41) is 23.0. The number of carbonyl (C=O) groups excluding carboxylic acids is 2. The number of fused-ring (bicyclic) bond motifs is 1. The predicted octanol–water partition coefficient (Wildman–Crippen LogP) is 5.69. The minimum absolute atomic E-state index is 0.0739. The van der Waals surface area contributed by atoms with E-state index in [1.54, 1.807) is 25.2 Å². The number of carbonyl (C=O) groups is 2. The van der Waals surface area contributed by atoms with Gasteiger partial charge in [0, 0.05) is 12.8 Å². The number of ketones is 1. The first-order valence-corrected chi connectivity index (χ1v) is 13.8. The van der Waals surface area contributed by atoms with Crippen molar-refractivity contribution >= 4 is 33.3 Å². The third kappa shape index (κ3) is 7.07. The number of aliphatic hydroxyl groups is 2. The molecule has 200 valence electrons. The molecule has 1 aliphatic rings. The SMILES string of the molecule is C#CC[C@H]1C(=O)C(C)(C)[C@@H](O)CC(=O)O[C@H](c2ccc3sc(C)nc3c2)C/C=C(/C)CCC[C@H](C)[C@@H]1O. The molecule has 0 unspecified atom stereocenters. The van der Waals surface area contributed by atoms with Crippen molar-refractivity contribution < 1.29 is 24.5 Å². The van der Waals surface area contributed by atoms with E-state index >= 15 is 0 Å². The van der Waals surface area contributed by atoms with E-state index in [1.807, 2.05) is 39.0 Å². The Kier molecular flexibility index (Phi) is 9.68. The van der Waals surface area contributed by atoms with Gasteiger partial charge in [-0.25, -0.2) is 4.98 Å². The van der Waals surface area contributed by atoms with Crippen LogP contribution in [-0.2, 0) is 14.3 Å². The topological polar surface area (TPSA) is 96.7 Å². The number of hydrogen-bond donors (Lipinski definition) is 2. The lowest BCUT2D eigenvalue weighted by Crippen LogP contribution is -2.46. The van der Waals surface area contributed by atoms with Crippen molar-refractivity contribution in [2.24, 2.45) is 17.3 Å². The Morgan fingerprint density at radius 1 is 1.24 bits per heavy atom. The fourth-order valence-electron chi connectivity index (χ4n) is 4.95. The molecule has 0 aliphatic carbocycles. The quantitative estimate of drug-likeness (QED) is 0.297. The first-order chi connectivity index (χ1) is 17.4. The van der Waals surface area contributed by atoms with E-state index in [4.69, 9.17) is 11.2 Å². The third-order valence-electron chi connectivity index (χ3n) is 7.57. The molecular weight excluding hydrogens is 486 g/mol. The van der Waals surface area contributed by atoms with Gasteiger partial charge in [-0.05, 0) is 56.7 Å². The van der Waals surface area contributed by atoms with E-state index in [-0.39, 0.29) is 24.5 Å². The Morgan fingerprint density at radius 2 is 1.97 bits per heavy atom. The third-order valence-corrected chi connectivity index (χ3v) is 8.52. The molecular formula is C30H39NO5S. The molecule has 2 heterocycles. The number of ether oxygens (including phenoxy) is 1. The number of terminal acetylenes is 1. The maximum atomic E-state index is 13.5. The van der Waals surface area contributed by atoms with Gasteiger partial charge in [0.15, 0.2) is 0 Å². The minimum Gasteiger partial charge on any atom is -0.457 e. The standard InChI is InChI=1S/C30H39NO5S/c1-7-9-22-28(34)19(3)11-8-10-18(2)12-14-24(21-13-15-25-23(16-21)31-20(4)37-25)36-27(33)17-26(32)30(5,6)29(22)35/h1,12-13,15-16,19,22,24,26,28,32,34H,8-11,14,17H2,2-6H3/b18-12-/t19-,22+,24-,26-,28-/m0/s1. The second-order valence-corrected chi connectivity index (χ2v) is 12.1. The number of benzene rings is 1. The van der Waals surface area contributed by atoms with E-state index in [1.165, 1.54) is 0 Å². The number of Topliss-reactive ketones (excluding diaryl/α,β-unsaturated/α-hetero) is 1. The fraction of sp³-hybridized carbons (Fsp3) is 0.567. The zero-order valence-corrected chi connectivity index (χ0v) is 23.3. The summed E-state index contributed by atoms with van der Waals surface area (Å²) in [5.41, 5.74) is 1.58. The Balaban J connectivity index is 1.93. The van der Waals surface area contributed by atoms with Gasteiger partial charge >= 0.3 is 5.97 Å². The number of aromatic nitrogens is 1. The second kappa shape index (κ2) is 12.3. The van der Waals surface area contributed by atoms with Gasteiger partial charge in [-0.3, -0.25) is 9.59 Å². The van der Waals surface area contributed by atoms with Crippen molar-refractivity contribution in [3.63, 3.8) is 0 Å². The lowest BCUT2D eigenvalue weighted by atomic mass is 9.71. The number of allylic oxidation sites excluding steroid dienone is 1. The first-order valence-electron chi connectivity index (χ1n) is 13.0. The highest BCUT2D eigenvalue weighted by Gasteiger charge is 2.43. The molecule has 0 saturated carbocycles. The minimum atomic E-state index is -1.29. The number of aryl methyl sites for hydroxylation is 1. The zero-order valence-electron chi connectivity index (χ0n) is 22.5. The summed E-state index contributed by atoms with van der Waals surface area (Å²) >= 11 is 1.61. The molecule has 0 bridgehead atoms. The molecule has 3 rings (SSSR count). The highest BCUT2D eigenvalue weighted by Crippen LogP contribution is 2.35. The van der Waals surface area contributed by atoms with Crippen molar-refractivity contribution in [2.45, 2.75) is 91.5 Å². The first kappa shape index (κ1) is 29.0.